The van der Waals surface area contributed by atoms with Crippen LogP contribution >= 0.6 is 0 Å². The molecule has 3 heterocycles. The zero-order valence-corrected chi connectivity index (χ0v) is 14.6. The van der Waals surface area contributed by atoms with E-state index < -0.39 is 5.97 Å². The van der Waals surface area contributed by atoms with Crippen molar-refractivity contribution in [2.45, 2.75) is 58.2 Å². The van der Waals surface area contributed by atoms with Crippen molar-refractivity contribution < 1.29 is 19.4 Å². The van der Waals surface area contributed by atoms with Crippen LogP contribution in [0.2, 0.25) is 0 Å². The number of rotatable bonds is 4. The highest BCUT2D eigenvalue weighted by atomic mass is 16.5. The van der Waals surface area contributed by atoms with Gasteiger partial charge in [0.25, 0.3) is 0 Å². The van der Waals surface area contributed by atoms with Gasteiger partial charge in [-0.2, -0.15) is 0 Å². The first kappa shape index (κ1) is 16.8. The number of nitrogens with zero attached hydrogens (tertiary/aromatic N) is 2. The highest BCUT2D eigenvalue weighted by molar-refractivity contribution is 5.91. The number of imidazole rings is 1. The molecule has 1 atom stereocenters. The van der Waals surface area contributed by atoms with E-state index in [1.54, 1.807) is 16.7 Å². The lowest BCUT2D eigenvalue weighted by atomic mass is 9.90. The SMILES string of the molecule is CC(C)Oc1cc2nc(C3CCC(C)(C)OC3)cn2cc1C(=O)O. The van der Waals surface area contributed by atoms with Crippen LogP contribution in [0.25, 0.3) is 5.65 Å². The average molecular weight is 332 g/mol. The molecule has 0 aromatic carbocycles. The molecule has 0 spiro atoms. The van der Waals surface area contributed by atoms with Crippen LogP contribution in [-0.4, -0.2) is 38.8 Å². The minimum atomic E-state index is -1.01. The Morgan fingerprint density at radius 1 is 1.46 bits per heavy atom. The molecule has 3 rings (SSSR count). The average Bonchev–Trinajstić information content (AvgIpc) is 2.88. The lowest BCUT2D eigenvalue weighted by Crippen LogP contribution is -2.32. The Labute approximate surface area is 141 Å². The normalized spacial score (nSPS) is 20.5. The number of hydrogen-bond donors (Lipinski definition) is 1. The van der Waals surface area contributed by atoms with Gasteiger partial charge in [0.2, 0.25) is 0 Å². The first-order chi connectivity index (χ1) is 11.2. The molecular weight excluding hydrogens is 308 g/mol. The van der Waals surface area contributed by atoms with Gasteiger partial charge in [-0.3, -0.25) is 0 Å². The number of pyridine rings is 1. The van der Waals surface area contributed by atoms with Crippen molar-refractivity contribution in [3.63, 3.8) is 0 Å². The van der Waals surface area contributed by atoms with Gasteiger partial charge < -0.3 is 19.0 Å². The lowest BCUT2D eigenvalue weighted by Gasteiger charge is -2.34. The summed E-state index contributed by atoms with van der Waals surface area (Å²) in [7, 11) is 0. The Kier molecular flexibility index (Phi) is 4.25. The first-order valence-corrected chi connectivity index (χ1v) is 8.32. The maximum absolute atomic E-state index is 11.5. The molecule has 1 fully saturated rings. The van der Waals surface area contributed by atoms with E-state index in [-0.39, 0.29) is 23.2 Å². The highest BCUT2D eigenvalue weighted by Crippen LogP contribution is 2.33. The van der Waals surface area contributed by atoms with Crippen molar-refractivity contribution in [1.29, 1.82) is 0 Å². The fraction of sp³-hybridized carbons (Fsp3) is 0.556. The van der Waals surface area contributed by atoms with Crippen LogP contribution in [-0.2, 0) is 4.74 Å². The summed E-state index contributed by atoms with van der Waals surface area (Å²) in [5.74, 6) is -0.422. The van der Waals surface area contributed by atoms with Gasteiger partial charge in [-0.05, 0) is 40.5 Å². The fourth-order valence-electron chi connectivity index (χ4n) is 2.98. The van der Waals surface area contributed by atoms with E-state index in [0.29, 0.717) is 18.0 Å². The number of aromatic nitrogens is 2. The smallest absolute Gasteiger partial charge is 0.341 e. The van der Waals surface area contributed by atoms with Crippen molar-refractivity contribution in [2.75, 3.05) is 6.61 Å². The van der Waals surface area contributed by atoms with Crippen molar-refractivity contribution in [1.82, 2.24) is 9.38 Å². The molecule has 1 aliphatic heterocycles. The van der Waals surface area contributed by atoms with Gasteiger partial charge in [0.1, 0.15) is 17.0 Å². The van der Waals surface area contributed by atoms with Gasteiger partial charge in [-0.1, -0.05) is 0 Å². The summed E-state index contributed by atoms with van der Waals surface area (Å²) < 4.78 is 13.3. The molecule has 6 heteroatoms. The molecule has 6 nitrogen and oxygen atoms in total. The molecule has 2 aromatic heterocycles. The minimum absolute atomic E-state index is 0.0790. The maximum atomic E-state index is 11.5. The number of ether oxygens (including phenoxy) is 2. The third kappa shape index (κ3) is 3.38. The molecule has 130 valence electrons. The Bertz CT molecular complexity index is 754. The van der Waals surface area contributed by atoms with E-state index >= 15 is 0 Å². The number of carboxylic acids is 1. The van der Waals surface area contributed by atoms with Crippen molar-refractivity contribution in [3.05, 3.63) is 29.7 Å². The number of hydrogen-bond acceptors (Lipinski definition) is 4. The van der Waals surface area contributed by atoms with Crippen LogP contribution in [0.1, 0.15) is 62.5 Å². The molecule has 1 unspecified atom stereocenters. The summed E-state index contributed by atoms with van der Waals surface area (Å²) in [5, 5.41) is 9.42. The van der Waals surface area contributed by atoms with E-state index in [1.807, 2.05) is 20.0 Å². The molecule has 0 aliphatic carbocycles. The van der Waals surface area contributed by atoms with Gasteiger partial charge in [0, 0.05) is 24.4 Å². The maximum Gasteiger partial charge on any atom is 0.341 e. The predicted molar refractivity (Wildman–Crippen MR) is 89.9 cm³/mol. The van der Waals surface area contributed by atoms with Crippen LogP contribution in [0.5, 0.6) is 5.75 Å². The second-order valence-electron chi connectivity index (χ2n) is 7.26. The van der Waals surface area contributed by atoms with Crippen LogP contribution in [0.3, 0.4) is 0 Å². The number of carbonyl (C=O) groups is 1. The van der Waals surface area contributed by atoms with Crippen molar-refractivity contribution in [3.8, 4) is 5.75 Å². The van der Waals surface area contributed by atoms with E-state index in [2.05, 4.69) is 18.8 Å². The summed E-state index contributed by atoms with van der Waals surface area (Å²) in [6.45, 7) is 8.57. The Morgan fingerprint density at radius 2 is 2.21 bits per heavy atom. The molecule has 0 saturated carbocycles. The van der Waals surface area contributed by atoms with E-state index in [1.165, 1.54) is 0 Å². The molecule has 2 aromatic rings. The Balaban J connectivity index is 1.94. The summed E-state index contributed by atoms with van der Waals surface area (Å²) in [6, 6.07) is 1.70. The molecule has 24 heavy (non-hydrogen) atoms. The quantitative estimate of drug-likeness (QED) is 0.928. The van der Waals surface area contributed by atoms with Gasteiger partial charge in [0.05, 0.1) is 24.0 Å². The minimum Gasteiger partial charge on any atom is -0.490 e. The summed E-state index contributed by atoms with van der Waals surface area (Å²) >= 11 is 0. The standard InChI is InChI=1S/C18H24N2O4/c1-11(2)24-15-7-16-19-14(9-20(16)8-13(15)17(21)22)12-5-6-18(3,4)23-10-12/h7-9,11-12H,5-6,10H2,1-4H3,(H,21,22). The van der Waals surface area contributed by atoms with Crippen LogP contribution in [0, 0.1) is 0 Å². The van der Waals surface area contributed by atoms with Crippen molar-refractivity contribution >= 4 is 11.6 Å². The number of carboxylic acid groups (broad SMARTS) is 1. The summed E-state index contributed by atoms with van der Waals surface area (Å²) in [5.41, 5.74) is 1.69. The molecule has 0 bridgehead atoms. The molecule has 1 saturated heterocycles. The van der Waals surface area contributed by atoms with Crippen LogP contribution in [0.4, 0.5) is 0 Å². The molecule has 1 N–H and O–H groups in total. The molecule has 0 radical (unpaired) electrons. The second kappa shape index (κ2) is 6.09. The van der Waals surface area contributed by atoms with Crippen LogP contribution in [0.15, 0.2) is 18.5 Å². The topological polar surface area (TPSA) is 73.1 Å². The van der Waals surface area contributed by atoms with Crippen LogP contribution < -0.4 is 4.74 Å². The first-order valence-electron chi connectivity index (χ1n) is 8.32. The predicted octanol–water partition coefficient (Wildman–Crippen LogP) is 3.49. The monoisotopic (exact) mass is 332 g/mol. The van der Waals surface area contributed by atoms with E-state index in [0.717, 1.165) is 18.5 Å². The van der Waals surface area contributed by atoms with Gasteiger partial charge in [-0.25, -0.2) is 9.78 Å². The largest absolute Gasteiger partial charge is 0.490 e. The molecule has 0 amide bonds. The zero-order valence-electron chi connectivity index (χ0n) is 14.6. The highest BCUT2D eigenvalue weighted by Gasteiger charge is 2.29. The second-order valence-corrected chi connectivity index (χ2v) is 7.26. The van der Waals surface area contributed by atoms with Gasteiger partial charge >= 0.3 is 5.97 Å². The van der Waals surface area contributed by atoms with Gasteiger partial charge in [-0.15, -0.1) is 0 Å². The van der Waals surface area contributed by atoms with Gasteiger partial charge in [0.15, 0.2) is 0 Å². The number of fused-ring (bicyclic) bond motifs is 1. The fourth-order valence-corrected chi connectivity index (χ4v) is 2.98. The molecular formula is C18H24N2O4. The lowest BCUT2D eigenvalue weighted by molar-refractivity contribution is -0.0615. The Hall–Kier alpha value is -2.08. The van der Waals surface area contributed by atoms with E-state index in [4.69, 9.17) is 9.47 Å². The summed E-state index contributed by atoms with van der Waals surface area (Å²) in [6.07, 6.45) is 5.35. The Morgan fingerprint density at radius 3 is 2.79 bits per heavy atom. The van der Waals surface area contributed by atoms with E-state index in [9.17, 15) is 9.90 Å². The third-order valence-corrected chi connectivity index (χ3v) is 4.35. The third-order valence-electron chi connectivity index (χ3n) is 4.35. The van der Waals surface area contributed by atoms with Crippen molar-refractivity contribution in [2.24, 2.45) is 0 Å². The number of aromatic carboxylic acids is 1. The summed E-state index contributed by atoms with van der Waals surface area (Å²) in [4.78, 5) is 16.2. The zero-order chi connectivity index (χ0) is 17.5. The molecule has 1 aliphatic rings.